The standard InChI is InChI=1S/C37H45N3O3/c1-26(2)32-14-8-9-15-35(32)43-22-10-13-29-16-18-30(19-17-29)33-23-31-24-40(27(3)41)25-34(38-31)36(33)37(42)39(4)21-20-28-11-6-5-7-12-28/h5-9,11-12,14-19,26,31,34,38H,10,13,20-25H2,1-4H3. The molecule has 3 aromatic carbocycles. The lowest BCUT2D eigenvalue weighted by atomic mass is 9.82. The van der Waals surface area contributed by atoms with E-state index < -0.39 is 0 Å². The molecule has 0 radical (unpaired) electrons. The van der Waals surface area contributed by atoms with Gasteiger partial charge in [-0.25, -0.2) is 0 Å². The van der Waals surface area contributed by atoms with Crippen LogP contribution in [-0.4, -0.2) is 67.0 Å². The predicted octanol–water partition coefficient (Wildman–Crippen LogP) is 5.87. The van der Waals surface area contributed by atoms with E-state index in [9.17, 15) is 9.59 Å². The number of nitrogens with zero attached hydrogens (tertiary/aromatic N) is 2. The molecule has 43 heavy (non-hydrogen) atoms. The molecule has 2 aliphatic rings. The van der Waals surface area contributed by atoms with Crippen molar-refractivity contribution in [2.24, 2.45) is 0 Å². The van der Waals surface area contributed by atoms with Gasteiger partial charge < -0.3 is 19.9 Å². The lowest BCUT2D eigenvalue weighted by Crippen LogP contribution is -2.61. The largest absolute Gasteiger partial charge is 0.493 e. The highest BCUT2D eigenvalue weighted by molar-refractivity contribution is 6.03. The van der Waals surface area contributed by atoms with E-state index in [1.54, 1.807) is 6.92 Å². The SMILES string of the molecule is CC(=O)N1CC2CC(c3ccc(CCCOc4ccccc4C(C)C)cc3)=C(C(=O)N(C)CCc3ccccc3)C(C1)N2. The molecule has 6 heteroatoms. The Morgan fingerprint density at radius 1 is 0.930 bits per heavy atom. The molecule has 6 nitrogen and oxygen atoms in total. The number of para-hydroxylation sites is 1. The molecule has 0 aromatic heterocycles. The first kappa shape index (κ1) is 30.6. The molecule has 2 amide bonds. The second-order valence-electron chi connectivity index (χ2n) is 12.2. The van der Waals surface area contributed by atoms with Gasteiger partial charge in [0.1, 0.15) is 5.75 Å². The first-order chi connectivity index (χ1) is 20.8. The van der Waals surface area contributed by atoms with Gasteiger partial charge in [0.2, 0.25) is 5.91 Å². The average molecular weight is 580 g/mol. The third-order valence-electron chi connectivity index (χ3n) is 8.72. The Kier molecular flexibility index (Phi) is 9.98. The van der Waals surface area contributed by atoms with E-state index in [0.717, 1.165) is 48.1 Å². The summed E-state index contributed by atoms with van der Waals surface area (Å²) in [5, 5.41) is 3.65. The highest BCUT2D eigenvalue weighted by Crippen LogP contribution is 2.34. The summed E-state index contributed by atoms with van der Waals surface area (Å²) < 4.78 is 6.13. The molecule has 0 aliphatic carbocycles. The minimum absolute atomic E-state index is 0.0372. The number of likely N-dealkylation sites (N-methyl/N-ethyl adjacent to an activating group) is 1. The molecule has 2 unspecified atom stereocenters. The number of hydrogen-bond acceptors (Lipinski definition) is 4. The van der Waals surface area contributed by atoms with Gasteiger partial charge in [-0.1, -0.05) is 86.6 Å². The molecule has 1 fully saturated rings. The summed E-state index contributed by atoms with van der Waals surface area (Å²) in [6.45, 7) is 8.48. The number of fused-ring (bicyclic) bond motifs is 2. The number of piperazine rings is 1. The minimum Gasteiger partial charge on any atom is -0.493 e. The number of amides is 2. The van der Waals surface area contributed by atoms with Crippen LogP contribution >= 0.6 is 0 Å². The highest BCUT2D eigenvalue weighted by atomic mass is 16.5. The fourth-order valence-electron chi connectivity index (χ4n) is 6.29. The molecule has 2 atom stereocenters. The lowest BCUT2D eigenvalue weighted by Gasteiger charge is -2.44. The van der Waals surface area contributed by atoms with Crippen molar-refractivity contribution in [1.82, 2.24) is 15.1 Å². The molecule has 5 rings (SSSR count). The first-order valence-corrected chi connectivity index (χ1v) is 15.6. The number of carbonyl (C=O) groups is 2. The summed E-state index contributed by atoms with van der Waals surface area (Å²) in [5.41, 5.74) is 6.71. The smallest absolute Gasteiger partial charge is 0.251 e. The Morgan fingerprint density at radius 2 is 1.63 bits per heavy atom. The van der Waals surface area contributed by atoms with Gasteiger partial charge in [-0.2, -0.15) is 0 Å². The van der Waals surface area contributed by atoms with E-state index in [2.05, 4.69) is 73.8 Å². The van der Waals surface area contributed by atoms with Gasteiger partial charge in [0.15, 0.2) is 0 Å². The molecule has 0 spiro atoms. The quantitative estimate of drug-likeness (QED) is 0.289. The normalized spacial score (nSPS) is 18.1. The van der Waals surface area contributed by atoms with Crippen LogP contribution in [-0.2, 0) is 22.4 Å². The van der Waals surface area contributed by atoms with Gasteiger partial charge in [-0.3, -0.25) is 9.59 Å². The summed E-state index contributed by atoms with van der Waals surface area (Å²) in [6, 6.07) is 27.2. The third-order valence-corrected chi connectivity index (χ3v) is 8.72. The fraction of sp³-hybridized carbons (Fsp3) is 0.405. The number of ether oxygens (including phenoxy) is 1. The monoisotopic (exact) mass is 579 g/mol. The Labute approximate surface area is 256 Å². The van der Waals surface area contributed by atoms with Crippen molar-refractivity contribution in [3.8, 4) is 5.75 Å². The maximum atomic E-state index is 14.0. The van der Waals surface area contributed by atoms with Crippen LogP contribution in [0.4, 0.5) is 0 Å². The average Bonchev–Trinajstić information content (AvgIpc) is 3.02. The summed E-state index contributed by atoms with van der Waals surface area (Å²) >= 11 is 0. The molecule has 2 heterocycles. The van der Waals surface area contributed by atoms with Crippen LogP contribution in [0.15, 0.2) is 84.4 Å². The van der Waals surface area contributed by atoms with Gasteiger partial charge in [-0.15, -0.1) is 0 Å². The van der Waals surface area contributed by atoms with Crippen molar-refractivity contribution in [2.45, 2.75) is 64.5 Å². The molecule has 2 bridgehead atoms. The van der Waals surface area contributed by atoms with Crippen molar-refractivity contribution in [3.63, 3.8) is 0 Å². The Morgan fingerprint density at radius 3 is 2.35 bits per heavy atom. The van der Waals surface area contributed by atoms with E-state index in [0.29, 0.717) is 32.2 Å². The molecule has 1 saturated heterocycles. The van der Waals surface area contributed by atoms with E-state index in [-0.39, 0.29) is 23.9 Å². The Bertz CT molecular complexity index is 1430. The summed E-state index contributed by atoms with van der Waals surface area (Å²) in [7, 11) is 1.89. The van der Waals surface area contributed by atoms with Crippen LogP contribution in [0.1, 0.15) is 61.8 Å². The van der Waals surface area contributed by atoms with Crippen molar-refractivity contribution in [2.75, 3.05) is 33.3 Å². The van der Waals surface area contributed by atoms with Crippen LogP contribution < -0.4 is 10.1 Å². The zero-order valence-electron chi connectivity index (χ0n) is 26.0. The Balaban J connectivity index is 1.30. The predicted molar refractivity (Wildman–Crippen MR) is 173 cm³/mol. The van der Waals surface area contributed by atoms with Crippen LogP contribution in [0, 0.1) is 0 Å². The maximum absolute atomic E-state index is 14.0. The second kappa shape index (κ2) is 14.0. The molecule has 226 valence electrons. The molecule has 2 aliphatic heterocycles. The molecule has 3 aromatic rings. The van der Waals surface area contributed by atoms with E-state index in [1.807, 2.05) is 41.1 Å². The zero-order chi connectivity index (χ0) is 30.3. The number of hydrogen-bond donors (Lipinski definition) is 1. The van der Waals surface area contributed by atoms with Crippen LogP contribution in [0.3, 0.4) is 0 Å². The van der Waals surface area contributed by atoms with E-state index in [1.165, 1.54) is 16.7 Å². The van der Waals surface area contributed by atoms with Crippen LogP contribution in [0.25, 0.3) is 5.57 Å². The lowest BCUT2D eigenvalue weighted by molar-refractivity contribution is -0.132. The van der Waals surface area contributed by atoms with Gasteiger partial charge >= 0.3 is 0 Å². The fourth-order valence-corrected chi connectivity index (χ4v) is 6.29. The topological polar surface area (TPSA) is 61.9 Å². The summed E-state index contributed by atoms with van der Waals surface area (Å²) in [5.74, 6) is 1.50. The zero-order valence-corrected chi connectivity index (χ0v) is 26.0. The third kappa shape index (κ3) is 7.55. The van der Waals surface area contributed by atoms with Crippen molar-refractivity contribution >= 4 is 17.4 Å². The maximum Gasteiger partial charge on any atom is 0.251 e. The molecule has 1 N–H and O–H groups in total. The van der Waals surface area contributed by atoms with E-state index >= 15 is 0 Å². The van der Waals surface area contributed by atoms with Gasteiger partial charge in [-0.05, 0) is 65.5 Å². The second-order valence-corrected chi connectivity index (χ2v) is 12.2. The van der Waals surface area contributed by atoms with Gasteiger partial charge in [0.05, 0.1) is 12.6 Å². The van der Waals surface area contributed by atoms with Crippen LogP contribution in [0.5, 0.6) is 5.75 Å². The Hall–Kier alpha value is -3.90. The van der Waals surface area contributed by atoms with Crippen molar-refractivity contribution < 1.29 is 14.3 Å². The highest BCUT2D eigenvalue weighted by Gasteiger charge is 2.39. The molecule has 0 saturated carbocycles. The number of aryl methyl sites for hydroxylation is 1. The van der Waals surface area contributed by atoms with E-state index in [4.69, 9.17) is 4.74 Å². The molecular formula is C37H45N3O3. The number of benzene rings is 3. The van der Waals surface area contributed by atoms with Crippen molar-refractivity contribution in [1.29, 1.82) is 0 Å². The summed E-state index contributed by atoms with van der Waals surface area (Å²) in [6.07, 6.45) is 3.38. The summed E-state index contributed by atoms with van der Waals surface area (Å²) in [4.78, 5) is 30.0. The number of nitrogens with one attached hydrogen (secondary N) is 1. The van der Waals surface area contributed by atoms with Gasteiger partial charge in [0, 0.05) is 45.2 Å². The van der Waals surface area contributed by atoms with Crippen molar-refractivity contribution in [3.05, 3.63) is 107 Å². The minimum atomic E-state index is -0.177. The van der Waals surface area contributed by atoms with Crippen LogP contribution in [0.2, 0.25) is 0 Å². The molecular weight excluding hydrogens is 534 g/mol. The number of carbonyl (C=O) groups excluding carboxylic acids is 2. The number of rotatable bonds is 11. The van der Waals surface area contributed by atoms with Gasteiger partial charge in [0.25, 0.3) is 5.91 Å². The first-order valence-electron chi connectivity index (χ1n) is 15.6.